The van der Waals surface area contributed by atoms with Gasteiger partial charge in [0, 0.05) is 49.3 Å². The van der Waals surface area contributed by atoms with Crippen LogP contribution >= 0.6 is 0 Å². The molecular weight excluding hydrogens is 474 g/mol. The Hall–Kier alpha value is -3.89. The highest BCUT2D eigenvalue weighted by molar-refractivity contribution is 6.11. The molecule has 0 fully saturated rings. The Labute approximate surface area is 215 Å². The van der Waals surface area contributed by atoms with Crippen molar-refractivity contribution in [3.05, 3.63) is 54.0 Å². The lowest BCUT2D eigenvalue weighted by atomic mass is 10.1. The number of benzene rings is 1. The summed E-state index contributed by atoms with van der Waals surface area (Å²) in [6, 6.07) is 9.99. The van der Waals surface area contributed by atoms with Gasteiger partial charge in [-0.25, -0.2) is 9.78 Å². The van der Waals surface area contributed by atoms with E-state index < -0.39 is 5.97 Å². The number of H-pyrrole nitrogens is 1. The van der Waals surface area contributed by atoms with Crippen molar-refractivity contribution in [2.24, 2.45) is 0 Å². The highest BCUT2D eigenvalue weighted by Crippen LogP contribution is 2.33. The van der Waals surface area contributed by atoms with Gasteiger partial charge in [-0.2, -0.15) is 0 Å². The Bertz CT molecular complexity index is 1390. The number of anilines is 2. The van der Waals surface area contributed by atoms with E-state index in [1.165, 1.54) is 14.2 Å². The molecule has 3 heterocycles. The molecule has 0 radical (unpaired) electrons. The van der Waals surface area contributed by atoms with Crippen LogP contribution in [0, 0.1) is 0 Å². The van der Waals surface area contributed by atoms with Gasteiger partial charge in [-0.1, -0.05) is 18.2 Å². The van der Waals surface area contributed by atoms with Crippen molar-refractivity contribution in [3.8, 4) is 0 Å². The molecule has 196 valence electrons. The average Bonchev–Trinajstić information content (AvgIpc) is 3.44. The predicted molar refractivity (Wildman–Crippen MR) is 143 cm³/mol. The second-order valence-electron chi connectivity index (χ2n) is 8.86. The van der Waals surface area contributed by atoms with Crippen LogP contribution in [0.15, 0.2) is 42.7 Å². The third-order valence-corrected chi connectivity index (χ3v) is 6.18. The monoisotopic (exact) mass is 507 g/mol. The maximum absolute atomic E-state index is 13.1. The maximum atomic E-state index is 13.1. The summed E-state index contributed by atoms with van der Waals surface area (Å²) in [7, 11) is 4.50. The maximum Gasteiger partial charge on any atom is 0.356 e. The van der Waals surface area contributed by atoms with Crippen LogP contribution in [0.2, 0.25) is 0 Å². The second kappa shape index (κ2) is 11.9. The molecule has 10 heteroatoms. The molecule has 0 saturated heterocycles. The van der Waals surface area contributed by atoms with E-state index in [1.807, 2.05) is 42.0 Å². The van der Waals surface area contributed by atoms with Gasteiger partial charge in [-0.15, -0.1) is 0 Å². The molecule has 3 N–H and O–H groups in total. The van der Waals surface area contributed by atoms with Gasteiger partial charge in [-0.05, 0) is 31.0 Å². The molecular formula is C27H33N5O5. The zero-order valence-electron chi connectivity index (χ0n) is 21.6. The zero-order valence-corrected chi connectivity index (χ0v) is 21.6. The SMILES string of the molecule is COCCC(=O)Nc1c(C(=O)OC)n(CCc2c[nH]c3ccccc23)c2ncc(NC(C)COC)cc12. The number of methoxy groups -OCH3 is 3. The molecule has 1 unspecified atom stereocenters. The van der Waals surface area contributed by atoms with E-state index >= 15 is 0 Å². The third kappa shape index (κ3) is 5.76. The molecule has 3 aromatic heterocycles. The van der Waals surface area contributed by atoms with E-state index in [2.05, 4.69) is 21.7 Å². The van der Waals surface area contributed by atoms with Crippen molar-refractivity contribution in [2.45, 2.75) is 32.4 Å². The van der Waals surface area contributed by atoms with Gasteiger partial charge >= 0.3 is 5.97 Å². The molecule has 0 aliphatic heterocycles. The average molecular weight is 508 g/mol. The summed E-state index contributed by atoms with van der Waals surface area (Å²) in [5.41, 5.74) is 4.11. The predicted octanol–water partition coefficient (Wildman–Crippen LogP) is 3.97. The van der Waals surface area contributed by atoms with Crippen molar-refractivity contribution in [1.82, 2.24) is 14.5 Å². The number of aryl methyl sites for hydroxylation is 2. The number of para-hydroxylation sites is 1. The van der Waals surface area contributed by atoms with Crippen molar-refractivity contribution in [3.63, 3.8) is 0 Å². The van der Waals surface area contributed by atoms with Crippen LogP contribution in [-0.2, 0) is 32.0 Å². The van der Waals surface area contributed by atoms with Gasteiger partial charge in [0.1, 0.15) is 5.65 Å². The highest BCUT2D eigenvalue weighted by atomic mass is 16.5. The Balaban J connectivity index is 1.78. The minimum Gasteiger partial charge on any atom is -0.464 e. The molecule has 1 amide bonds. The van der Waals surface area contributed by atoms with Gasteiger partial charge in [0.05, 0.1) is 44.3 Å². The van der Waals surface area contributed by atoms with Crippen LogP contribution in [0.3, 0.4) is 0 Å². The summed E-state index contributed by atoms with van der Waals surface area (Å²) >= 11 is 0. The Morgan fingerprint density at radius 3 is 2.70 bits per heavy atom. The number of pyridine rings is 1. The van der Waals surface area contributed by atoms with E-state index in [0.29, 0.717) is 36.3 Å². The molecule has 1 atom stereocenters. The van der Waals surface area contributed by atoms with Crippen LogP contribution in [0.5, 0.6) is 0 Å². The molecule has 37 heavy (non-hydrogen) atoms. The normalized spacial score (nSPS) is 12.1. The quantitative estimate of drug-likeness (QED) is 0.248. The number of amides is 1. The zero-order chi connectivity index (χ0) is 26.4. The van der Waals surface area contributed by atoms with Crippen LogP contribution in [0.25, 0.3) is 21.9 Å². The number of carbonyl (C=O) groups is 2. The van der Waals surface area contributed by atoms with E-state index in [4.69, 9.17) is 19.2 Å². The summed E-state index contributed by atoms with van der Waals surface area (Å²) in [6.45, 7) is 3.22. The Morgan fingerprint density at radius 1 is 1.14 bits per heavy atom. The number of fused-ring (bicyclic) bond motifs is 2. The third-order valence-electron chi connectivity index (χ3n) is 6.18. The van der Waals surface area contributed by atoms with Crippen LogP contribution < -0.4 is 10.6 Å². The largest absolute Gasteiger partial charge is 0.464 e. The number of hydrogen-bond donors (Lipinski definition) is 3. The van der Waals surface area contributed by atoms with E-state index in [9.17, 15) is 9.59 Å². The van der Waals surface area contributed by atoms with Crippen molar-refractivity contribution >= 4 is 45.2 Å². The number of hydrogen-bond acceptors (Lipinski definition) is 7. The number of aromatic amines is 1. The van der Waals surface area contributed by atoms with Crippen LogP contribution in [0.1, 0.15) is 29.4 Å². The van der Waals surface area contributed by atoms with Crippen molar-refractivity contribution < 1.29 is 23.8 Å². The van der Waals surface area contributed by atoms with Crippen LogP contribution in [0.4, 0.5) is 11.4 Å². The van der Waals surface area contributed by atoms with Gasteiger partial charge in [0.2, 0.25) is 5.91 Å². The molecule has 0 saturated carbocycles. The summed E-state index contributed by atoms with van der Waals surface area (Å²) in [6.07, 6.45) is 4.49. The Morgan fingerprint density at radius 2 is 1.95 bits per heavy atom. The van der Waals surface area contributed by atoms with E-state index in [1.54, 1.807) is 13.3 Å². The lowest BCUT2D eigenvalue weighted by Crippen LogP contribution is -2.20. The number of rotatable bonds is 12. The minimum absolute atomic E-state index is 0.0352. The first-order chi connectivity index (χ1) is 18.0. The lowest BCUT2D eigenvalue weighted by molar-refractivity contribution is -0.117. The summed E-state index contributed by atoms with van der Waals surface area (Å²) in [5.74, 6) is -0.824. The smallest absolute Gasteiger partial charge is 0.356 e. The fourth-order valence-electron chi connectivity index (χ4n) is 4.50. The summed E-state index contributed by atoms with van der Waals surface area (Å²) < 4.78 is 17.2. The van der Waals surface area contributed by atoms with Gasteiger partial charge in [-0.3, -0.25) is 4.79 Å². The molecule has 0 spiro atoms. The first kappa shape index (κ1) is 26.2. The number of aromatic nitrogens is 3. The highest BCUT2D eigenvalue weighted by Gasteiger charge is 2.26. The van der Waals surface area contributed by atoms with Gasteiger partial charge in [0.15, 0.2) is 5.69 Å². The molecule has 0 aliphatic rings. The number of nitrogens with zero attached hydrogens (tertiary/aromatic N) is 2. The van der Waals surface area contributed by atoms with E-state index in [0.717, 1.165) is 22.2 Å². The molecule has 1 aromatic carbocycles. The van der Waals surface area contributed by atoms with Gasteiger partial charge in [0.25, 0.3) is 0 Å². The number of nitrogens with one attached hydrogen (secondary N) is 3. The first-order valence-corrected chi connectivity index (χ1v) is 12.2. The molecule has 10 nitrogen and oxygen atoms in total. The topological polar surface area (TPSA) is 120 Å². The molecule has 0 bridgehead atoms. The standard InChI is InChI=1S/C27H33N5O5/c1-17(16-36-3)30-19-13-21-24(31-23(33)10-12-35-2)25(27(34)37-4)32(26(21)29-15-19)11-9-18-14-28-22-8-6-5-7-20(18)22/h5-8,13-15,17,28,30H,9-12,16H2,1-4H3,(H,31,33). The summed E-state index contributed by atoms with van der Waals surface area (Å²) in [4.78, 5) is 33.8. The van der Waals surface area contributed by atoms with Gasteiger partial charge < -0.3 is 34.4 Å². The lowest BCUT2D eigenvalue weighted by Gasteiger charge is -2.14. The number of esters is 1. The van der Waals surface area contributed by atoms with E-state index in [-0.39, 0.29) is 30.7 Å². The number of carbonyl (C=O) groups excluding carboxylic acids is 2. The minimum atomic E-state index is -0.554. The first-order valence-electron chi connectivity index (χ1n) is 12.2. The Kier molecular flexibility index (Phi) is 8.42. The molecule has 4 aromatic rings. The fraction of sp³-hybridized carbons (Fsp3) is 0.370. The molecule has 4 rings (SSSR count). The summed E-state index contributed by atoms with van der Waals surface area (Å²) in [5, 5.41) is 8.02. The second-order valence-corrected chi connectivity index (χ2v) is 8.86. The molecule has 0 aliphatic carbocycles. The van der Waals surface area contributed by atoms with Crippen LogP contribution in [-0.4, -0.2) is 67.0 Å². The van der Waals surface area contributed by atoms with Crippen molar-refractivity contribution in [2.75, 3.05) is 45.2 Å². The van der Waals surface area contributed by atoms with Crippen molar-refractivity contribution in [1.29, 1.82) is 0 Å². The number of ether oxygens (including phenoxy) is 3. The fourth-order valence-corrected chi connectivity index (χ4v) is 4.50.